The van der Waals surface area contributed by atoms with E-state index in [0.717, 1.165) is 12.8 Å². The van der Waals surface area contributed by atoms with Gasteiger partial charge in [-0.05, 0) is 25.7 Å². The van der Waals surface area contributed by atoms with Gasteiger partial charge in [0.05, 0.1) is 6.61 Å². The first kappa shape index (κ1) is 14.2. The van der Waals surface area contributed by atoms with Gasteiger partial charge in [0.15, 0.2) is 0 Å². The van der Waals surface area contributed by atoms with Crippen LogP contribution in [0.4, 0.5) is 0 Å². The molecule has 0 radical (unpaired) electrons. The van der Waals surface area contributed by atoms with Gasteiger partial charge in [-0.1, -0.05) is 13.8 Å². The van der Waals surface area contributed by atoms with E-state index in [1.807, 2.05) is 13.8 Å². The Morgan fingerprint density at radius 1 is 1.24 bits per heavy atom. The second-order valence-corrected chi connectivity index (χ2v) is 5.03. The fourth-order valence-corrected chi connectivity index (χ4v) is 1.83. The predicted molar refractivity (Wildman–Crippen MR) is 63.5 cm³/mol. The van der Waals surface area contributed by atoms with E-state index in [9.17, 15) is 9.59 Å². The molecule has 0 aromatic carbocycles. The lowest BCUT2D eigenvalue weighted by Crippen LogP contribution is -2.33. The molecule has 17 heavy (non-hydrogen) atoms. The van der Waals surface area contributed by atoms with E-state index in [1.165, 1.54) is 0 Å². The molecular weight excluding hydrogens is 220 g/mol. The number of rotatable bonds is 5. The molecule has 4 heteroatoms. The van der Waals surface area contributed by atoms with E-state index in [-0.39, 0.29) is 11.7 Å². The first-order chi connectivity index (χ1) is 8.02. The molecule has 4 nitrogen and oxygen atoms in total. The van der Waals surface area contributed by atoms with Crippen molar-refractivity contribution in [1.82, 2.24) is 0 Å². The molecule has 0 saturated carbocycles. The van der Waals surface area contributed by atoms with Crippen LogP contribution < -0.4 is 0 Å². The molecule has 0 N–H and O–H groups in total. The fourth-order valence-electron chi connectivity index (χ4n) is 1.83. The Hall–Kier alpha value is -0.900. The van der Waals surface area contributed by atoms with Crippen LogP contribution in [-0.2, 0) is 19.1 Å². The second kappa shape index (κ2) is 6.74. The Balaban J connectivity index is 2.41. The lowest BCUT2D eigenvalue weighted by molar-refractivity contribution is -0.153. The minimum Gasteiger partial charge on any atom is -0.465 e. The summed E-state index contributed by atoms with van der Waals surface area (Å²) in [5, 5.41) is 0. The first-order valence-electron chi connectivity index (χ1n) is 6.30. The number of Topliss-reactive ketones (excluding diaryl/α,β-unsaturated/α-hetero) is 1. The molecule has 0 aromatic heterocycles. The zero-order chi connectivity index (χ0) is 12.8. The van der Waals surface area contributed by atoms with E-state index in [1.54, 1.807) is 6.92 Å². The summed E-state index contributed by atoms with van der Waals surface area (Å²) in [6, 6.07) is 0. The molecule has 1 atom stereocenters. The molecule has 0 spiro atoms. The summed E-state index contributed by atoms with van der Waals surface area (Å²) < 4.78 is 10.3. The molecule has 0 bridgehead atoms. The van der Waals surface area contributed by atoms with Crippen LogP contribution in [-0.4, -0.2) is 31.6 Å². The lowest BCUT2D eigenvalue weighted by atomic mass is 9.88. The van der Waals surface area contributed by atoms with Gasteiger partial charge in [0.1, 0.15) is 11.7 Å². The van der Waals surface area contributed by atoms with Gasteiger partial charge in [-0.15, -0.1) is 0 Å². The van der Waals surface area contributed by atoms with Crippen molar-refractivity contribution in [2.45, 2.75) is 33.6 Å². The summed E-state index contributed by atoms with van der Waals surface area (Å²) in [5.74, 6) is -0.774. The topological polar surface area (TPSA) is 52.6 Å². The number of esters is 1. The molecule has 1 aliphatic rings. The van der Waals surface area contributed by atoms with Crippen molar-refractivity contribution in [1.29, 1.82) is 0 Å². The average Bonchev–Trinajstić information content (AvgIpc) is 2.35. The summed E-state index contributed by atoms with van der Waals surface area (Å²) in [4.78, 5) is 23.7. The number of ether oxygens (including phenoxy) is 2. The third kappa shape index (κ3) is 4.46. The molecule has 0 aliphatic carbocycles. The lowest BCUT2D eigenvalue weighted by Gasteiger charge is -2.23. The van der Waals surface area contributed by atoms with Crippen LogP contribution in [0.5, 0.6) is 0 Å². The van der Waals surface area contributed by atoms with E-state index in [0.29, 0.717) is 25.7 Å². The van der Waals surface area contributed by atoms with Crippen LogP contribution in [0.2, 0.25) is 0 Å². The highest BCUT2D eigenvalue weighted by Crippen LogP contribution is 2.20. The second-order valence-electron chi connectivity index (χ2n) is 5.03. The molecule has 0 aromatic rings. The molecular formula is C13H22O4. The summed E-state index contributed by atoms with van der Waals surface area (Å²) in [7, 11) is 0. The fraction of sp³-hybridized carbons (Fsp3) is 0.846. The van der Waals surface area contributed by atoms with Gasteiger partial charge >= 0.3 is 5.97 Å². The largest absolute Gasteiger partial charge is 0.465 e. The molecule has 1 aliphatic heterocycles. The number of carbonyl (C=O) groups excluding carboxylic acids is 2. The van der Waals surface area contributed by atoms with Crippen molar-refractivity contribution in [2.24, 2.45) is 17.8 Å². The van der Waals surface area contributed by atoms with E-state index >= 15 is 0 Å². The van der Waals surface area contributed by atoms with Crippen molar-refractivity contribution in [3.63, 3.8) is 0 Å². The van der Waals surface area contributed by atoms with Gasteiger partial charge in [0, 0.05) is 19.1 Å². The third-order valence-corrected chi connectivity index (χ3v) is 2.96. The summed E-state index contributed by atoms with van der Waals surface area (Å²) in [6.07, 6.45) is 1.45. The molecule has 1 heterocycles. The quantitative estimate of drug-likeness (QED) is 0.545. The normalized spacial score (nSPS) is 19.1. The van der Waals surface area contributed by atoms with Gasteiger partial charge in [-0.2, -0.15) is 0 Å². The molecule has 1 rings (SSSR count). The highest BCUT2D eigenvalue weighted by molar-refractivity contribution is 5.99. The minimum absolute atomic E-state index is 0.00190. The monoisotopic (exact) mass is 242 g/mol. The number of hydrogen-bond acceptors (Lipinski definition) is 4. The zero-order valence-electron chi connectivity index (χ0n) is 10.9. The summed E-state index contributed by atoms with van der Waals surface area (Å²) >= 11 is 0. The van der Waals surface area contributed by atoms with Crippen molar-refractivity contribution >= 4 is 11.8 Å². The molecule has 0 amide bonds. The van der Waals surface area contributed by atoms with Crippen molar-refractivity contribution in [2.75, 3.05) is 19.8 Å². The number of hydrogen-bond donors (Lipinski definition) is 0. The standard InChI is InChI=1S/C13H22O4/c1-9(2)8-17-13(15)10(3)12(14)11-4-6-16-7-5-11/h9-11H,4-8H2,1-3H3. The maximum absolute atomic E-state index is 12.0. The molecule has 98 valence electrons. The number of carbonyl (C=O) groups is 2. The Morgan fingerprint density at radius 2 is 1.82 bits per heavy atom. The van der Waals surface area contributed by atoms with Crippen LogP contribution in [0.1, 0.15) is 33.6 Å². The third-order valence-electron chi connectivity index (χ3n) is 2.96. The van der Waals surface area contributed by atoms with E-state index in [2.05, 4.69) is 0 Å². The molecule has 1 fully saturated rings. The van der Waals surface area contributed by atoms with Crippen LogP contribution >= 0.6 is 0 Å². The van der Waals surface area contributed by atoms with Gasteiger partial charge < -0.3 is 9.47 Å². The maximum atomic E-state index is 12.0. The van der Waals surface area contributed by atoms with Crippen LogP contribution in [0.15, 0.2) is 0 Å². The predicted octanol–water partition coefficient (Wildman–Crippen LogP) is 1.82. The Morgan fingerprint density at radius 3 is 2.35 bits per heavy atom. The maximum Gasteiger partial charge on any atom is 0.316 e. The van der Waals surface area contributed by atoms with Crippen LogP contribution in [0.25, 0.3) is 0 Å². The summed E-state index contributed by atoms with van der Waals surface area (Å²) in [5.41, 5.74) is 0. The highest BCUT2D eigenvalue weighted by Gasteiger charge is 2.30. The average molecular weight is 242 g/mol. The molecule has 1 saturated heterocycles. The smallest absolute Gasteiger partial charge is 0.316 e. The minimum atomic E-state index is -0.642. The van der Waals surface area contributed by atoms with Gasteiger partial charge in [0.2, 0.25) is 0 Å². The van der Waals surface area contributed by atoms with Gasteiger partial charge in [-0.3, -0.25) is 9.59 Å². The van der Waals surface area contributed by atoms with Crippen molar-refractivity contribution < 1.29 is 19.1 Å². The van der Waals surface area contributed by atoms with E-state index in [4.69, 9.17) is 9.47 Å². The Bertz CT molecular complexity index is 267. The van der Waals surface area contributed by atoms with Crippen molar-refractivity contribution in [3.05, 3.63) is 0 Å². The molecule has 1 unspecified atom stereocenters. The van der Waals surface area contributed by atoms with Gasteiger partial charge in [0.25, 0.3) is 0 Å². The van der Waals surface area contributed by atoms with E-state index < -0.39 is 11.9 Å². The summed E-state index contributed by atoms with van der Waals surface area (Å²) in [6.45, 7) is 7.19. The van der Waals surface area contributed by atoms with Crippen LogP contribution in [0.3, 0.4) is 0 Å². The zero-order valence-corrected chi connectivity index (χ0v) is 10.9. The highest BCUT2D eigenvalue weighted by atomic mass is 16.5. The SMILES string of the molecule is CC(C)COC(=O)C(C)C(=O)C1CCOCC1. The van der Waals surface area contributed by atoms with Crippen molar-refractivity contribution in [3.8, 4) is 0 Å². The Labute approximate surface area is 103 Å². The Kier molecular flexibility index (Phi) is 5.62. The van der Waals surface area contributed by atoms with Crippen LogP contribution in [0, 0.1) is 17.8 Å². The first-order valence-corrected chi connectivity index (χ1v) is 6.30. The number of ketones is 1. The van der Waals surface area contributed by atoms with Gasteiger partial charge in [-0.25, -0.2) is 0 Å².